The molecule has 0 spiro atoms. The Labute approximate surface area is 156 Å². The van der Waals surface area contributed by atoms with Crippen LogP contribution in [0.15, 0.2) is 48.5 Å². The molecule has 0 amide bonds. The topological polar surface area (TPSA) is 43.4 Å². The largest absolute Gasteiger partial charge is 0.463 e. The molecule has 0 saturated carbocycles. The molecule has 0 radical (unpaired) electrons. The number of benzene rings is 2. The Kier molecular flexibility index (Phi) is 6.36. The molecule has 138 valence electrons. The molecular weight excluding hydrogens is 324 g/mol. The van der Waals surface area contributed by atoms with E-state index >= 15 is 0 Å². The molecule has 0 N–H and O–H groups in total. The van der Waals surface area contributed by atoms with Crippen LogP contribution in [0.2, 0.25) is 0 Å². The quantitative estimate of drug-likeness (QED) is 0.520. The smallest absolute Gasteiger partial charge is 0.312 e. The van der Waals surface area contributed by atoms with Crippen molar-refractivity contribution in [1.29, 1.82) is 0 Å². The first-order valence-electron chi connectivity index (χ1n) is 9.16. The zero-order valence-corrected chi connectivity index (χ0v) is 16.3. The second-order valence-electron chi connectivity index (χ2n) is 7.59. The first-order valence-corrected chi connectivity index (χ1v) is 9.16. The summed E-state index contributed by atoms with van der Waals surface area (Å²) in [6.07, 6.45) is 1.40. The molecule has 0 fully saturated rings. The monoisotopic (exact) mass is 352 g/mol. The summed E-state index contributed by atoms with van der Waals surface area (Å²) in [5.74, 6) is -0.193. The molecule has 0 unspecified atom stereocenters. The Morgan fingerprint density at radius 1 is 0.885 bits per heavy atom. The van der Waals surface area contributed by atoms with E-state index in [2.05, 4.69) is 6.92 Å². The minimum absolute atomic E-state index is 0.0117. The normalized spacial score (nSPS) is 11.5. The summed E-state index contributed by atoms with van der Waals surface area (Å²) in [6, 6.07) is 15.2. The van der Waals surface area contributed by atoms with Crippen LogP contribution in [0.1, 0.15) is 61.7 Å². The van der Waals surface area contributed by atoms with Gasteiger partial charge in [0.1, 0.15) is 0 Å². The highest BCUT2D eigenvalue weighted by molar-refractivity contribution is 6.09. The van der Waals surface area contributed by atoms with E-state index in [0.717, 1.165) is 12.0 Å². The predicted molar refractivity (Wildman–Crippen MR) is 104 cm³/mol. The van der Waals surface area contributed by atoms with Crippen molar-refractivity contribution < 1.29 is 14.3 Å². The Hall–Kier alpha value is -2.42. The van der Waals surface area contributed by atoms with Gasteiger partial charge in [-0.1, -0.05) is 55.5 Å². The van der Waals surface area contributed by atoms with E-state index in [-0.39, 0.29) is 17.9 Å². The number of ketones is 1. The van der Waals surface area contributed by atoms with E-state index in [1.54, 1.807) is 0 Å². The minimum atomic E-state index is -0.605. The van der Waals surface area contributed by atoms with Gasteiger partial charge in [-0.05, 0) is 51.7 Å². The predicted octanol–water partition coefficient (Wildman–Crippen LogP) is 5.00. The molecule has 2 aromatic carbocycles. The van der Waals surface area contributed by atoms with Crippen LogP contribution in [0, 0.1) is 5.41 Å². The summed E-state index contributed by atoms with van der Waals surface area (Å²) in [7, 11) is 0. The van der Waals surface area contributed by atoms with Gasteiger partial charge in [0, 0.05) is 11.1 Å². The van der Waals surface area contributed by atoms with E-state index in [1.165, 1.54) is 5.56 Å². The molecule has 0 atom stereocenters. The summed E-state index contributed by atoms with van der Waals surface area (Å²) >= 11 is 0. The van der Waals surface area contributed by atoms with Gasteiger partial charge >= 0.3 is 5.97 Å². The van der Waals surface area contributed by atoms with Gasteiger partial charge in [-0.25, -0.2) is 0 Å². The average molecular weight is 352 g/mol. The number of carbonyl (C=O) groups excluding carboxylic acids is 2. The van der Waals surface area contributed by atoms with Crippen LogP contribution in [0.5, 0.6) is 0 Å². The third kappa shape index (κ3) is 5.04. The summed E-state index contributed by atoms with van der Waals surface area (Å²) in [5.41, 5.74) is 2.96. The molecule has 26 heavy (non-hydrogen) atoms. The van der Waals surface area contributed by atoms with Crippen molar-refractivity contribution >= 4 is 11.8 Å². The van der Waals surface area contributed by atoms with Crippen LogP contribution < -0.4 is 0 Å². The van der Waals surface area contributed by atoms with Crippen LogP contribution in [-0.4, -0.2) is 17.9 Å². The number of aryl methyl sites for hydroxylation is 1. The highest BCUT2D eigenvalue weighted by Gasteiger charge is 2.30. The molecule has 2 aromatic rings. The van der Waals surface area contributed by atoms with Crippen LogP contribution in [-0.2, 0) is 22.4 Å². The van der Waals surface area contributed by atoms with Crippen LogP contribution in [0.25, 0.3) is 0 Å². The van der Waals surface area contributed by atoms with Crippen molar-refractivity contribution in [1.82, 2.24) is 0 Å². The zero-order chi connectivity index (χ0) is 19.3. The van der Waals surface area contributed by atoms with Crippen LogP contribution in [0.3, 0.4) is 0 Å². The molecule has 0 aromatic heterocycles. The molecule has 0 aliphatic carbocycles. The Balaban J connectivity index is 2.09. The second kappa shape index (κ2) is 8.31. The number of carbonyl (C=O) groups is 2. The van der Waals surface area contributed by atoms with E-state index in [4.69, 9.17) is 4.74 Å². The summed E-state index contributed by atoms with van der Waals surface area (Å²) in [6.45, 7) is 9.55. The van der Waals surface area contributed by atoms with E-state index in [0.29, 0.717) is 17.5 Å². The second-order valence-corrected chi connectivity index (χ2v) is 7.59. The number of rotatable bonds is 7. The Morgan fingerprint density at radius 2 is 1.35 bits per heavy atom. The average Bonchev–Trinajstić information content (AvgIpc) is 2.61. The molecule has 3 nitrogen and oxygen atoms in total. The van der Waals surface area contributed by atoms with Crippen molar-refractivity contribution in [3.8, 4) is 0 Å². The molecule has 3 heteroatoms. The lowest BCUT2D eigenvalue weighted by Crippen LogP contribution is -2.30. The lowest BCUT2D eigenvalue weighted by molar-refractivity contribution is -0.157. The molecule has 0 saturated heterocycles. The fourth-order valence-electron chi connectivity index (χ4n) is 2.79. The van der Waals surface area contributed by atoms with E-state index < -0.39 is 5.41 Å². The highest BCUT2D eigenvalue weighted by atomic mass is 16.5. The van der Waals surface area contributed by atoms with Gasteiger partial charge in [-0.2, -0.15) is 0 Å². The molecule has 0 bridgehead atoms. The van der Waals surface area contributed by atoms with Gasteiger partial charge in [0.2, 0.25) is 0 Å². The lowest BCUT2D eigenvalue weighted by Gasteiger charge is -2.24. The standard InChI is InChI=1S/C23H28O3/c1-6-17-7-11-19(12-8-17)21(24)20-13-9-18(10-14-20)15-23(4,5)22(25)26-16(2)3/h7-14,16H,6,15H2,1-5H3. The summed E-state index contributed by atoms with van der Waals surface area (Å²) in [4.78, 5) is 24.8. The Morgan fingerprint density at radius 3 is 1.77 bits per heavy atom. The molecule has 0 heterocycles. The third-order valence-electron chi connectivity index (χ3n) is 4.38. The maximum atomic E-state index is 12.6. The fraction of sp³-hybridized carbons (Fsp3) is 0.391. The van der Waals surface area contributed by atoms with Crippen LogP contribution >= 0.6 is 0 Å². The molecule has 0 aliphatic rings. The van der Waals surface area contributed by atoms with Gasteiger partial charge < -0.3 is 4.74 Å². The van der Waals surface area contributed by atoms with Gasteiger partial charge in [-0.3, -0.25) is 9.59 Å². The van der Waals surface area contributed by atoms with Gasteiger partial charge in [0.25, 0.3) is 0 Å². The molecule has 2 rings (SSSR count). The summed E-state index contributed by atoms with van der Waals surface area (Å²) < 4.78 is 5.33. The summed E-state index contributed by atoms with van der Waals surface area (Å²) in [5, 5.41) is 0. The van der Waals surface area contributed by atoms with Crippen molar-refractivity contribution in [2.75, 3.05) is 0 Å². The van der Waals surface area contributed by atoms with Crippen molar-refractivity contribution in [2.45, 2.75) is 53.6 Å². The van der Waals surface area contributed by atoms with Crippen molar-refractivity contribution in [3.05, 3.63) is 70.8 Å². The third-order valence-corrected chi connectivity index (χ3v) is 4.38. The Bertz CT molecular complexity index is 753. The zero-order valence-electron chi connectivity index (χ0n) is 16.3. The first-order chi connectivity index (χ1) is 12.2. The maximum Gasteiger partial charge on any atom is 0.312 e. The SMILES string of the molecule is CCc1ccc(C(=O)c2ccc(CC(C)(C)C(=O)OC(C)C)cc2)cc1. The number of hydrogen-bond donors (Lipinski definition) is 0. The van der Waals surface area contributed by atoms with E-state index in [1.807, 2.05) is 76.2 Å². The fourth-order valence-corrected chi connectivity index (χ4v) is 2.79. The van der Waals surface area contributed by atoms with E-state index in [9.17, 15) is 9.59 Å². The number of hydrogen-bond acceptors (Lipinski definition) is 3. The maximum absolute atomic E-state index is 12.6. The minimum Gasteiger partial charge on any atom is -0.463 e. The lowest BCUT2D eigenvalue weighted by atomic mass is 9.85. The van der Waals surface area contributed by atoms with Gasteiger partial charge in [0.15, 0.2) is 5.78 Å². The molecule has 0 aliphatic heterocycles. The van der Waals surface area contributed by atoms with Crippen molar-refractivity contribution in [2.24, 2.45) is 5.41 Å². The van der Waals surface area contributed by atoms with Crippen molar-refractivity contribution in [3.63, 3.8) is 0 Å². The molecular formula is C23H28O3. The highest BCUT2D eigenvalue weighted by Crippen LogP contribution is 2.25. The van der Waals surface area contributed by atoms with Gasteiger partial charge in [-0.15, -0.1) is 0 Å². The number of esters is 1. The first kappa shape index (κ1) is 19.9. The van der Waals surface area contributed by atoms with Gasteiger partial charge in [0.05, 0.1) is 11.5 Å². The number of ether oxygens (including phenoxy) is 1. The van der Waals surface area contributed by atoms with Crippen LogP contribution in [0.4, 0.5) is 0 Å².